The molecule has 0 unspecified atom stereocenters. The lowest BCUT2D eigenvalue weighted by atomic mass is 9.96. The van der Waals surface area contributed by atoms with Crippen LogP contribution in [0.5, 0.6) is 0 Å². The summed E-state index contributed by atoms with van der Waals surface area (Å²) in [6.07, 6.45) is 6.66. The van der Waals surface area contributed by atoms with E-state index in [0.29, 0.717) is 42.1 Å². The third-order valence-corrected chi connectivity index (χ3v) is 6.55. The molecule has 3 rings (SSSR count). The van der Waals surface area contributed by atoms with Crippen molar-refractivity contribution in [2.75, 3.05) is 46.4 Å². The van der Waals surface area contributed by atoms with Crippen LogP contribution in [0.1, 0.15) is 70.6 Å². The second-order valence-corrected chi connectivity index (χ2v) is 8.75. The fourth-order valence-electron chi connectivity index (χ4n) is 4.75. The lowest BCUT2D eigenvalue weighted by molar-refractivity contribution is -0.126. The van der Waals surface area contributed by atoms with Crippen LogP contribution in [-0.4, -0.2) is 78.9 Å². The Morgan fingerprint density at radius 2 is 1.77 bits per heavy atom. The van der Waals surface area contributed by atoms with Crippen LogP contribution in [0.2, 0.25) is 0 Å². The van der Waals surface area contributed by atoms with Gasteiger partial charge in [0.2, 0.25) is 5.91 Å². The second kappa shape index (κ2) is 10.8. The number of esters is 1. The Balaban J connectivity index is 1.55. The molecule has 3 heterocycles. The van der Waals surface area contributed by atoms with Gasteiger partial charge >= 0.3 is 5.97 Å². The molecule has 1 aromatic heterocycles. The topological polar surface area (TPSA) is 94.7 Å². The molecule has 0 aliphatic carbocycles. The summed E-state index contributed by atoms with van der Waals surface area (Å²) in [5.74, 6) is -0.788. The molecule has 2 fully saturated rings. The first-order chi connectivity index (χ1) is 14.9. The summed E-state index contributed by atoms with van der Waals surface area (Å²) in [7, 11) is 1.33. The molecule has 0 saturated carbocycles. The number of nitrogens with zero attached hydrogens (tertiary/aromatic N) is 2. The van der Waals surface area contributed by atoms with Gasteiger partial charge in [-0.15, -0.1) is 0 Å². The van der Waals surface area contributed by atoms with Crippen molar-refractivity contribution >= 4 is 17.8 Å². The zero-order valence-electron chi connectivity index (χ0n) is 19.1. The average molecular weight is 433 g/mol. The first kappa shape index (κ1) is 23.3. The molecular weight excluding hydrogens is 396 g/mol. The molecule has 2 N–H and O–H groups in total. The number of carbonyl (C=O) groups excluding carboxylic acids is 3. The predicted octanol–water partition coefficient (Wildman–Crippen LogP) is 2.26. The van der Waals surface area contributed by atoms with Crippen molar-refractivity contribution < 1.29 is 19.1 Å². The molecular formula is C23H36N4O4. The number of methoxy groups -OCH3 is 1. The monoisotopic (exact) mass is 432 g/mol. The summed E-state index contributed by atoms with van der Waals surface area (Å²) in [6.45, 7) is 8.29. The molecule has 2 aliphatic heterocycles. The Bertz CT molecular complexity index is 796. The van der Waals surface area contributed by atoms with E-state index in [4.69, 9.17) is 4.74 Å². The van der Waals surface area contributed by atoms with Crippen LogP contribution in [-0.2, 0) is 9.53 Å². The Morgan fingerprint density at radius 1 is 1.06 bits per heavy atom. The first-order valence-corrected chi connectivity index (χ1v) is 11.5. The Kier molecular flexibility index (Phi) is 8.12. The smallest absolute Gasteiger partial charge is 0.339 e. The summed E-state index contributed by atoms with van der Waals surface area (Å²) in [5, 5.41) is 3.08. The number of piperidine rings is 1. The van der Waals surface area contributed by atoms with Gasteiger partial charge in [-0.05, 0) is 58.2 Å². The van der Waals surface area contributed by atoms with Crippen molar-refractivity contribution in [3.8, 4) is 0 Å². The van der Waals surface area contributed by atoms with Crippen LogP contribution in [0, 0.1) is 19.8 Å². The summed E-state index contributed by atoms with van der Waals surface area (Å²) >= 11 is 0. The third kappa shape index (κ3) is 5.67. The number of aromatic amines is 1. The van der Waals surface area contributed by atoms with Crippen molar-refractivity contribution in [2.24, 2.45) is 5.92 Å². The van der Waals surface area contributed by atoms with Gasteiger partial charge in [0.05, 0.1) is 18.6 Å². The SMILES string of the molecule is COC(=O)c1c(C)[nH]c(C(=O)N2CCC[C@H](C(=O)NCCN3CCCCCC3)C2)c1C. The molecule has 2 amide bonds. The average Bonchev–Trinajstić information content (AvgIpc) is 2.93. The summed E-state index contributed by atoms with van der Waals surface area (Å²) in [6, 6.07) is 0. The molecule has 0 bridgehead atoms. The lowest BCUT2D eigenvalue weighted by Gasteiger charge is -2.32. The van der Waals surface area contributed by atoms with Gasteiger partial charge in [-0.25, -0.2) is 4.79 Å². The molecule has 0 aromatic carbocycles. The van der Waals surface area contributed by atoms with E-state index in [9.17, 15) is 14.4 Å². The number of aryl methyl sites for hydroxylation is 1. The van der Waals surface area contributed by atoms with E-state index in [1.54, 1.807) is 18.7 Å². The quantitative estimate of drug-likeness (QED) is 0.673. The molecule has 0 radical (unpaired) electrons. The maximum absolute atomic E-state index is 13.1. The van der Waals surface area contributed by atoms with E-state index in [0.717, 1.165) is 32.5 Å². The number of hydrogen-bond acceptors (Lipinski definition) is 5. The van der Waals surface area contributed by atoms with Gasteiger partial charge < -0.3 is 24.8 Å². The molecule has 2 saturated heterocycles. The minimum atomic E-state index is -0.453. The van der Waals surface area contributed by atoms with Crippen LogP contribution in [0.15, 0.2) is 0 Å². The van der Waals surface area contributed by atoms with E-state index >= 15 is 0 Å². The fraction of sp³-hybridized carbons (Fsp3) is 0.696. The number of amides is 2. The van der Waals surface area contributed by atoms with Gasteiger partial charge in [0.15, 0.2) is 0 Å². The summed E-state index contributed by atoms with van der Waals surface area (Å²) in [4.78, 5) is 45.1. The molecule has 1 atom stereocenters. The van der Waals surface area contributed by atoms with E-state index in [1.807, 2.05) is 0 Å². The molecule has 2 aliphatic rings. The second-order valence-electron chi connectivity index (χ2n) is 8.75. The number of ether oxygens (including phenoxy) is 1. The zero-order valence-corrected chi connectivity index (χ0v) is 19.1. The number of likely N-dealkylation sites (tertiary alicyclic amines) is 2. The number of nitrogens with one attached hydrogen (secondary N) is 2. The molecule has 172 valence electrons. The van der Waals surface area contributed by atoms with Gasteiger partial charge in [-0.2, -0.15) is 0 Å². The highest BCUT2D eigenvalue weighted by Gasteiger charge is 2.31. The maximum Gasteiger partial charge on any atom is 0.339 e. The van der Waals surface area contributed by atoms with Gasteiger partial charge in [0.1, 0.15) is 5.69 Å². The molecule has 1 aromatic rings. The highest BCUT2D eigenvalue weighted by molar-refractivity contribution is 6.00. The van der Waals surface area contributed by atoms with Gasteiger partial charge in [0.25, 0.3) is 5.91 Å². The van der Waals surface area contributed by atoms with Crippen molar-refractivity contribution in [2.45, 2.75) is 52.4 Å². The Hall–Kier alpha value is -2.35. The summed E-state index contributed by atoms with van der Waals surface area (Å²) < 4.78 is 4.83. The van der Waals surface area contributed by atoms with Gasteiger partial charge in [0, 0.05) is 31.9 Å². The van der Waals surface area contributed by atoms with Gasteiger partial charge in [-0.1, -0.05) is 12.8 Å². The maximum atomic E-state index is 13.1. The van der Waals surface area contributed by atoms with Crippen LogP contribution in [0.4, 0.5) is 0 Å². The highest BCUT2D eigenvalue weighted by atomic mass is 16.5. The number of H-pyrrole nitrogens is 1. The molecule has 8 nitrogen and oxygen atoms in total. The number of rotatable bonds is 6. The minimum Gasteiger partial charge on any atom is -0.465 e. The fourth-order valence-corrected chi connectivity index (χ4v) is 4.75. The number of aromatic nitrogens is 1. The van der Waals surface area contributed by atoms with Gasteiger partial charge in [-0.3, -0.25) is 9.59 Å². The number of hydrogen-bond donors (Lipinski definition) is 2. The molecule has 0 spiro atoms. The van der Waals surface area contributed by atoms with E-state index < -0.39 is 5.97 Å². The van der Waals surface area contributed by atoms with E-state index in [2.05, 4.69) is 15.2 Å². The van der Waals surface area contributed by atoms with E-state index in [-0.39, 0.29) is 17.7 Å². The lowest BCUT2D eigenvalue weighted by Crippen LogP contribution is -2.46. The Morgan fingerprint density at radius 3 is 2.45 bits per heavy atom. The number of carbonyl (C=O) groups is 3. The zero-order chi connectivity index (χ0) is 22.4. The van der Waals surface area contributed by atoms with Crippen molar-refractivity contribution in [3.05, 3.63) is 22.5 Å². The molecule has 31 heavy (non-hydrogen) atoms. The van der Waals surface area contributed by atoms with Crippen LogP contribution >= 0.6 is 0 Å². The highest BCUT2D eigenvalue weighted by Crippen LogP contribution is 2.23. The molecule has 8 heteroatoms. The largest absolute Gasteiger partial charge is 0.465 e. The van der Waals surface area contributed by atoms with E-state index in [1.165, 1.54) is 32.8 Å². The van der Waals surface area contributed by atoms with Crippen molar-refractivity contribution in [1.29, 1.82) is 0 Å². The minimum absolute atomic E-state index is 0.0296. The summed E-state index contributed by atoms with van der Waals surface area (Å²) in [5.41, 5.74) is 2.02. The first-order valence-electron chi connectivity index (χ1n) is 11.5. The third-order valence-electron chi connectivity index (χ3n) is 6.55. The van der Waals surface area contributed by atoms with Crippen LogP contribution < -0.4 is 5.32 Å². The van der Waals surface area contributed by atoms with Crippen LogP contribution in [0.3, 0.4) is 0 Å². The van der Waals surface area contributed by atoms with Crippen LogP contribution in [0.25, 0.3) is 0 Å². The van der Waals surface area contributed by atoms with Crippen molar-refractivity contribution in [1.82, 2.24) is 20.1 Å². The Labute approximate surface area is 184 Å². The predicted molar refractivity (Wildman–Crippen MR) is 118 cm³/mol. The normalized spacial score (nSPS) is 20.2. The standard InChI is InChI=1S/C23H36N4O4/c1-16-19(23(30)31-3)17(2)25-20(16)22(29)27-13-8-9-18(15-27)21(28)24-10-14-26-11-6-4-5-7-12-26/h18,25H,4-15H2,1-3H3,(H,24,28)/t18-/m0/s1. The van der Waals surface area contributed by atoms with Crippen molar-refractivity contribution in [3.63, 3.8) is 0 Å².